The van der Waals surface area contributed by atoms with Crippen LogP contribution in [0.15, 0.2) is 18.2 Å². The predicted molar refractivity (Wildman–Crippen MR) is 66.1 cm³/mol. The van der Waals surface area contributed by atoms with E-state index in [9.17, 15) is 18.0 Å². The Morgan fingerprint density at radius 3 is 2.58 bits per heavy atom. The number of amides is 1. The fraction of sp³-hybridized carbons (Fsp3) is 0.462. The van der Waals surface area contributed by atoms with Gasteiger partial charge in [-0.25, -0.2) is 0 Å². The number of likely N-dealkylation sites (tertiary alicyclic amines) is 1. The van der Waals surface area contributed by atoms with Gasteiger partial charge in [-0.2, -0.15) is 13.2 Å². The number of benzene rings is 1. The van der Waals surface area contributed by atoms with Crippen molar-refractivity contribution in [1.29, 1.82) is 0 Å². The highest BCUT2D eigenvalue weighted by molar-refractivity contribution is 6.31. The molecule has 1 aromatic carbocycles. The van der Waals surface area contributed by atoms with Gasteiger partial charge in [0.15, 0.2) is 0 Å². The number of nitrogens with zero attached hydrogens (tertiary/aromatic N) is 1. The highest BCUT2D eigenvalue weighted by Gasteiger charge is 2.34. The molecule has 1 fully saturated rings. The molecule has 1 aliphatic rings. The molecule has 0 N–H and O–H groups in total. The Hall–Kier alpha value is -1.23. The largest absolute Gasteiger partial charge is 0.417 e. The molecule has 0 aliphatic carbocycles. The molecule has 6 heteroatoms. The lowest BCUT2D eigenvalue weighted by Crippen LogP contribution is -2.28. The predicted octanol–water partition coefficient (Wildman–Crippen LogP) is 3.84. The lowest BCUT2D eigenvalue weighted by atomic mass is 10.1. The van der Waals surface area contributed by atoms with Gasteiger partial charge in [-0.15, -0.1) is 0 Å². The van der Waals surface area contributed by atoms with Gasteiger partial charge in [-0.05, 0) is 30.5 Å². The second-order valence-electron chi connectivity index (χ2n) is 4.84. The molecule has 2 nitrogen and oxygen atoms in total. The van der Waals surface area contributed by atoms with Gasteiger partial charge in [-0.3, -0.25) is 4.79 Å². The minimum atomic E-state index is -4.50. The molecule has 1 aromatic rings. The summed E-state index contributed by atoms with van der Waals surface area (Å²) >= 11 is 5.60. The Labute approximate surface area is 114 Å². The summed E-state index contributed by atoms with van der Waals surface area (Å²) in [5.74, 6) is 0.161. The lowest BCUT2D eigenvalue weighted by molar-refractivity contribution is -0.137. The summed E-state index contributed by atoms with van der Waals surface area (Å²) in [6.45, 7) is 3.31. The molecule has 1 atom stereocenters. The zero-order valence-corrected chi connectivity index (χ0v) is 11.1. The molecule has 104 valence electrons. The lowest BCUT2D eigenvalue weighted by Gasteiger charge is -2.17. The zero-order chi connectivity index (χ0) is 14.2. The number of carbonyl (C=O) groups excluding carboxylic acids is 1. The first-order valence-electron chi connectivity index (χ1n) is 5.95. The van der Waals surface area contributed by atoms with Gasteiger partial charge in [0.2, 0.25) is 0 Å². The van der Waals surface area contributed by atoms with E-state index in [1.165, 1.54) is 6.07 Å². The highest BCUT2D eigenvalue weighted by Crippen LogP contribution is 2.35. The van der Waals surface area contributed by atoms with Crippen LogP contribution in [0.1, 0.15) is 29.3 Å². The van der Waals surface area contributed by atoms with Gasteiger partial charge in [0.05, 0.1) is 10.6 Å². The summed E-state index contributed by atoms with van der Waals surface area (Å²) in [5.41, 5.74) is -0.715. The van der Waals surface area contributed by atoms with Crippen LogP contribution in [0, 0.1) is 5.92 Å². The van der Waals surface area contributed by atoms with Gasteiger partial charge in [0, 0.05) is 18.7 Å². The van der Waals surface area contributed by atoms with E-state index < -0.39 is 16.8 Å². The van der Waals surface area contributed by atoms with Crippen molar-refractivity contribution < 1.29 is 18.0 Å². The topological polar surface area (TPSA) is 20.3 Å². The fourth-order valence-electron chi connectivity index (χ4n) is 2.18. The zero-order valence-electron chi connectivity index (χ0n) is 10.3. The first-order valence-corrected chi connectivity index (χ1v) is 6.33. The van der Waals surface area contributed by atoms with E-state index >= 15 is 0 Å². The van der Waals surface area contributed by atoms with Crippen molar-refractivity contribution in [2.75, 3.05) is 13.1 Å². The number of halogens is 4. The number of alkyl halides is 3. The average molecular weight is 292 g/mol. The van der Waals surface area contributed by atoms with Crippen molar-refractivity contribution in [2.45, 2.75) is 19.5 Å². The summed E-state index contributed by atoms with van der Waals surface area (Å²) in [6, 6.07) is 3.13. The van der Waals surface area contributed by atoms with Gasteiger partial charge < -0.3 is 4.90 Å². The van der Waals surface area contributed by atoms with Gasteiger partial charge in [-0.1, -0.05) is 18.5 Å². The van der Waals surface area contributed by atoms with Crippen LogP contribution in [0.2, 0.25) is 5.02 Å². The monoisotopic (exact) mass is 291 g/mol. The van der Waals surface area contributed by atoms with E-state index in [0.717, 1.165) is 18.6 Å². The Bertz CT molecular complexity index is 501. The maximum atomic E-state index is 12.6. The number of hydrogen-bond acceptors (Lipinski definition) is 1. The average Bonchev–Trinajstić information content (AvgIpc) is 2.73. The van der Waals surface area contributed by atoms with E-state index in [2.05, 4.69) is 0 Å². The van der Waals surface area contributed by atoms with E-state index in [0.29, 0.717) is 19.0 Å². The standard InChI is InChI=1S/C13H13ClF3NO/c1-8-4-5-18(7-8)12(19)9-2-3-10(11(14)6-9)13(15,16)17/h2-3,6,8H,4-5,7H2,1H3. The van der Waals surface area contributed by atoms with E-state index in [1.807, 2.05) is 6.92 Å². The molecular formula is C13H13ClF3NO. The molecule has 0 spiro atoms. The van der Waals surface area contributed by atoms with E-state index in [4.69, 9.17) is 11.6 Å². The minimum Gasteiger partial charge on any atom is -0.338 e. The van der Waals surface area contributed by atoms with Gasteiger partial charge in [0.25, 0.3) is 5.91 Å². The summed E-state index contributed by atoms with van der Waals surface area (Å²) in [5, 5.41) is -0.439. The molecule has 2 rings (SSSR count). The minimum absolute atomic E-state index is 0.201. The van der Waals surface area contributed by atoms with Crippen molar-refractivity contribution in [2.24, 2.45) is 5.92 Å². The Balaban J connectivity index is 2.23. The maximum Gasteiger partial charge on any atom is 0.417 e. The third-order valence-electron chi connectivity index (χ3n) is 3.23. The number of rotatable bonds is 1. The van der Waals surface area contributed by atoms with Crippen molar-refractivity contribution in [1.82, 2.24) is 4.90 Å². The van der Waals surface area contributed by atoms with Crippen LogP contribution in [-0.2, 0) is 6.18 Å². The van der Waals surface area contributed by atoms with Crippen LogP contribution in [0.5, 0.6) is 0 Å². The highest BCUT2D eigenvalue weighted by atomic mass is 35.5. The Morgan fingerprint density at radius 2 is 2.11 bits per heavy atom. The quantitative estimate of drug-likeness (QED) is 0.770. The Kier molecular flexibility index (Phi) is 3.76. The Morgan fingerprint density at radius 1 is 1.42 bits per heavy atom. The molecule has 1 unspecified atom stereocenters. The molecule has 0 radical (unpaired) electrons. The normalized spacial score (nSPS) is 19.8. The van der Waals surface area contributed by atoms with Crippen molar-refractivity contribution in [3.05, 3.63) is 34.3 Å². The third kappa shape index (κ3) is 3.03. The molecule has 0 bridgehead atoms. The third-order valence-corrected chi connectivity index (χ3v) is 3.55. The molecule has 1 amide bonds. The maximum absolute atomic E-state index is 12.6. The first-order chi connectivity index (χ1) is 8.79. The second kappa shape index (κ2) is 5.04. The molecule has 19 heavy (non-hydrogen) atoms. The van der Waals surface area contributed by atoms with E-state index in [1.54, 1.807) is 4.90 Å². The molecule has 0 saturated carbocycles. The number of carbonyl (C=O) groups is 1. The van der Waals surface area contributed by atoms with Gasteiger partial charge >= 0.3 is 6.18 Å². The van der Waals surface area contributed by atoms with Crippen LogP contribution in [0.3, 0.4) is 0 Å². The van der Waals surface area contributed by atoms with E-state index in [-0.39, 0.29) is 11.5 Å². The fourth-order valence-corrected chi connectivity index (χ4v) is 2.47. The van der Waals surface area contributed by atoms with Crippen molar-refractivity contribution in [3.8, 4) is 0 Å². The van der Waals surface area contributed by atoms with Crippen molar-refractivity contribution >= 4 is 17.5 Å². The van der Waals surface area contributed by atoms with Crippen LogP contribution in [0.25, 0.3) is 0 Å². The summed E-state index contributed by atoms with van der Waals surface area (Å²) in [7, 11) is 0. The van der Waals surface area contributed by atoms with Crippen LogP contribution in [-0.4, -0.2) is 23.9 Å². The van der Waals surface area contributed by atoms with Crippen LogP contribution in [0.4, 0.5) is 13.2 Å². The smallest absolute Gasteiger partial charge is 0.338 e. The molecule has 1 heterocycles. The second-order valence-corrected chi connectivity index (χ2v) is 5.24. The number of hydrogen-bond donors (Lipinski definition) is 0. The van der Waals surface area contributed by atoms with Crippen LogP contribution >= 0.6 is 11.6 Å². The van der Waals surface area contributed by atoms with Gasteiger partial charge in [0.1, 0.15) is 0 Å². The summed E-state index contributed by atoms with van der Waals surface area (Å²) in [6.07, 6.45) is -3.58. The molecule has 1 saturated heterocycles. The van der Waals surface area contributed by atoms with Crippen molar-refractivity contribution in [3.63, 3.8) is 0 Å². The molecular weight excluding hydrogens is 279 g/mol. The summed E-state index contributed by atoms with van der Waals surface area (Å²) in [4.78, 5) is 13.7. The molecule has 1 aliphatic heterocycles. The SMILES string of the molecule is CC1CCN(C(=O)c2ccc(C(F)(F)F)c(Cl)c2)C1. The molecule has 0 aromatic heterocycles. The van der Waals surface area contributed by atoms with Crippen LogP contribution < -0.4 is 0 Å². The summed E-state index contributed by atoms with van der Waals surface area (Å²) < 4.78 is 37.7. The first kappa shape index (κ1) is 14.2.